The number of benzene rings is 1. The van der Waals surface area contributed by atoms with Crippen molar-refractivity contribution in [1.29, 1.82) is 0 Å². The Morgan fingerprint density at radius 2 is 2.30 bits per heavy atom. The first kappa shape index (κ1) is 13.5. The lowest BCUT2D eigenvalue weighted by Crippen LogP contribution is -2.09. The smallest absolute Gasteiger partial charge is 0.325 e. The summed E-state index contributed by atoms with van der Waals surface area (Å²) in [5, 5.41) is 29.6. The summed E-state index contributed by atoms with van der Waals surface area (Å²) in [6, 6.07) is 6.06. The number of carbonyl (C=O) groups is 1. The van der Waals surface area contributed by atoms with E-state index in [9.17, 15) is 14.9 Å². The second-order valence-electron chi connectivity index (χ2n) is 3.96. The molecule has 2 aromatic rings. The largest absolute Gasteiger partial charge is 0.480 e. The number of hydrogen-bond acceptors (Lipinski definition) is 6. The molecule has 0 saturated carbocycles. The van der Waals surface area contributed by atoms with E-state index >= 15 is 0 Å². The third kappa shape index (κ3) is 3.51. The van der Waals surface area contributed by atoms with Crippen LogP contribution in [0.3, 0.4) is 0 Å². The number of non-ortho nitro benzene ring substituents is 1. The highest BCUT2D eigenvalue weighted by atomic mass is 16.6. The van der Waals surface area contributed by atoms with Crippen molar-refractivity contribution in [2.75, 3.05) is 5.32 Å². The predicted molar refractivity (Wildman–Crippen MR) is 68.1 cm³/mol. The molecule has 0 atom stereocenters. The minimum atomic E-state index is -1.01. The van der Waals surface area contributed by atoms with E-state index in [-0.39, 0.29) is 12.2 Å². The van der Waals surface area contributed by atoms with Crippen LogP contribution in [-0.4, -0.2) is 31.0 Å². The molecule has 20 heavy (non-hydrogen) atoms. The van der Waals surface area contributed by atoms with Gasteiger partial charge in [0.05, 0.1) is 17.7 Å². The monoisotopic (exact) mass is 277 g/mol. The number of nitrogens with zero attached hydrogens (tertiary/aromatic N) is 4. The average molecular weight is 277 g/mol. The molecule has 0 fully saturated rings. The van der Waals surface area contributed by atoms with Crippen molar-refractivity contribution in [3.05, 3.63) is 46.3 Å². The molecule has 9 nitrogen and oxygen atoms in total. The molecule has 0 spiro atoms. The van der Waals surface area contributed by atoms with Crippen LogP contribution in [0, 0.1) is 10.1 Å². The molecule has 2 N–H and O–H groups in total. The molecule has 2 rings (SSSR count). The fraction of sp³-hybridized carbons (Fsp3) is 0.182. The average Bonchev–Trinajstić information content (AvgIpc) is 2.83. The fourth-order valence-corrected chi connectivity index (χ4v) is 1.56. The second-order valence-corrected chi connectivity index (χ2v) is 3.96. The lowest BCUT2D eigenvalue weighted by Gasteiger charge is -2.03. The third-order valence-electron chi connectivity index (χ3n) is 2.41. The zero-order valence-corrected chi connectivity index (χ0v) is 10.3. The minimum absolute atomic E-state index is 0.00969. The molecule has 0 bridgehead atoms. The van der Waals surface area contributed by atoms with Gasteiger partial charge in [0, 0.05) is 17.8 Å². The summed E-state index contributed by atoms with van der Waals surface area (Å²) < 4.78 is 1.20. The Morgan fingerprint density at radius 1 is 1.50 bits per heavy atom. The number of anilines is 1. The summed E-state index contributed by atoms with van der Waals surface area (Å²) in [5.41, 5.74) is 1.11. The highest BCUT2D eigenvalue weighted by Gasteiger charge is 2.07. The van der Waals surface area contributed by atoms with Gasteiger partial charge in [0.1, 0.15) is 12.2 Å². The molecule has 0 aliphatic rings. The molecule has 1 heterocycles. The Morgan fingerprint density at radius 3 is 3.00 bits per heavy atom. The van der Waals surface area contributed by atoms with Crippen LogP contribution in [0.2, 0.25) is 0 Å². The quantitative estimate of drug-likeness (QED) is 0.593. The van der Waals surface area contributed by atoms with Gasteiger partial charge in [0.25, 0.3) is 5.69 Å². The SMILES string of the molecule is O=C(O)Cn1cc(CNc2cccc([N+](=O)[O-])c2)nn1. The number of carboxylic acid groups (broad SMARTS) is 1. The van der Waals surface area contributed by atoms with Crippen LogP contribution in [0.25, 0.3) is 0 Å². The summed E-state index contributed by atoms with van der Waals surface area (Å²) in [6.07, 6.45) is 1.50. The number of nitro benzene ring substituents is 1. The van der Waals surface area contributed by atoms with Gasteiger partial charge in [-0.3, -0.25) is 14.9 Å². The van der Waals surface area contributed by atoms with E-state index < -0.39 is 10.9 Å². The second kappa shape index (κ2) is 5.78. The Bertz CT molecular complexity index is 639. The van der Waals surface area contributed by atoms with Crippen molar-refractivity contribution in [3.63, 3.8) is 0 Å². The van der Waals surface area contributed by atoms with E-state index in [1.54, 1.807) is 12.1 Å². The lowest BCUT2D eigenvalue weighted by molar-refractivity contribution is -0.384. The zero-order valence-electron chi connectivity index (χ0n) is 10.3. The topological polar surface area (TPSA) is 123 Å². The van der Waals surface area contributed by atoms with Crippen LogP contribution in [0.4, 0.5) is 11.4 Å². The molecule has 1 aromatic carbocycles. The van der Waals surface area contributed by atoms with Gasteiger partial charge in [-0.15, -0.1) is 5.10 Å². The normalized spacial score (nSPS) is 10.2. The lowest BCUT2D eigenvalue weighted by atomic mass is 10.3. The van der Waals surface area contributed by atoms with E-state index in [0.29, 0.717) is 17.9 Å². The van der Waals surface area contributed by atoms with Crippen LogP contribution in [-0.2, 0) is 17.9 Å². The van der Waals surface area contributed by atoms with Crippen LogP contribution in [0.5, 0.6) is 0 Å². The van der Waals surface area contributed by atoms with Gasteiger partial charge in [0.15, 0.2) is 0 Å². The molecule has 0 unspecified atom stereocenters. The third-order valence-corrected chi connectivity index (χ3v) is 2.41. The van der Waals surface area contributed by atoms with Gasteiger partial charge in [-0.1, -0.05) is 11.3 Å². The number of nitro groups is 1. The molecular formula is C11H11N5O4. The first-order chi connectivity index (χ1) is 9.54. The zero-order chi connectivity index (χ0) is 14.5. The molecule has 0 aliphatic carbocycles. The molecule has 1 aromatic heterocycles. The van der Waals surface area contributed by atoms with Gasteiger partial charge in [-0.25, -0.2) is 4.68 Å². The molecule has 0 aliphatic heterocycles. The van der Waals surface area contributed by atoms with Gasteiger partial charge in [-0.2, -0.15) is 0 Å². The highest BCUT2D eigenvalue weighted by Crippen LogP contribution is 2.17. The number of hydrogen-bond donors (Lipinski definition) is 2. The van der Waals surface area contributed by atoms with Crippen LogP contribution in [0.1, 0.15) is 5.69 Å². The summed E-state index contributed by atoms with van der Waals surface area (Å²) >= 11 is 0. The Balaban J connectivity index is 1.98. The van der Waals surface area contributed by atoms with Crippen LogP contribution < -0.4 is 5.32 Å². The maximum atomic E-state index is 10.6. The predicted octanol–water partition coefficient (Wildman–Crippen LogP) is 0.883. The Labute approximate surface area is 113 Å². The summed E-state index contributed by atoms with van der Waals surface area (Å²) in [5.74, 6) is -1.01. The van der Waals surface area contributed by atoms with Crippen LogP contribution in [0.15, 0.2) is 30.5 Å². The Kier molecular flexibility index (Phi) is 3.89. The number of rotatable bonds is 6. The summed E-state index contributed by atoms with van der Waals surface area (Å²) in [6.45, 7) is 0.0323. The van der Waals surface area contributed by atoms with E-state index in [1.807, 2.05) is 0 Å². The first-order valence-electron chi connectivity index (χ1n) is 5.64. The van der Waals surface area contributed by atoms with Crippen molar-refractivity contribution in [2.45, 2.75) is 13.1 Å². The van der Waals surface area contributed by atoms with Gasteiger partial charge < -0.3 is 10.4 Å². The van der Waals surface area contributed by atoms with E-state index in [0.717, 1.165) is 0 Å². The fourth-order valence-electron chi connectivity index (χ4n) is 1.56. The van der Waals surface area contributed by atoms with E-state index in [4.69, 9.17) is 5.11 Å². The van der Waals surface area contributed by atoms with Gasteiger partial charge in [-0.05, 0) is 6.07 Å². The first-order valence-corrected chi connectivity index (χ1v) is 5.64. The number of aromatic nitrogens is 3. The van der Waals surface area contributed by atoms with Crippen molar-refractivity contribution >= 4 is 17.3 Å². The summed E-state index contributed by atoms with van der Waals surface area (Å²) in [7, 11) is 0. The van der Waals surface area contributed by atoms with Gasteiger partial charge >= 0.3 is 5.97 Å². The highest BCUT2D eigenvalue weighted by molar-refractivity contribution is 5.66. The number of carboxylic acids is 1. The van der Waals surface area contributed by atoms with Crippen molar-refractivity contribution in [2.24, 2.45) is 0 Å². The standard InChI is InChI=1S/C11H11N5O4/c17-11(18)7-15-6-9(13-14-15)5-12-8-2-1-3-10(4-8)16(19)20/h1-4,6,12H,5,7H2,(H,17,18). The minimum Gasteiger partial charge on any atom is -0.480 e. The molecule has 0 radical (unpaired) electrons. The van der Waals surface area contributed by atoms with E-state index in [1.165, 1.54) is 23.0 Å². The molecule has 0 saturated heterocycles. The molecule has 104 valence electrons. The summed E-state index contributed by atoms with van der Waals surface area (Å²) in [4.78, 5) is 20.6. The van der Waals surface area contributed by atoms with Crippen molar-refractivity contribution in [1.82, 2.24) is 15.0 Å². The van der Waals surface area contributed by atoms with Crippen LogP contribution >= 0.6 is 0 Å². The number of aliphatic carboxylic acids is 1. The molecule has 0 amide bonds. The molecule has 9 heteroatoms. The Hall–Kier alpha value is -2.97. The van der Waals surface area contributed by atoms with E-state index in [2.05, 4.69) is 15.6 Å². The maximum absolute atomic E-state index is 10.6. The number of nitrogens with one attached hydrogen (secondary N) is 1. The maximum Gasteiger partial charge on any atom is 0.325 e. The van der Waals surface area contributed by atoms with Gasteiger partial charge in [0.2, 0.25) is 0 Å². The van der Waals surface area contributed by atoms with Crippen molar-refractivity contribution in [3.8, 4) is 0 Å². The van der Waals surface area contributed by atoms with Crippen molar-refractivity contribution < 1.29 is 14.8 Å². The molecular weight excluding hydrogens is 266 g/mol.